The minimum Gasteiger partial charge on any atom is -0.338 e. The summed E-state index contributed by atoms with van der Waals surface area (Å²) in [5.41, 5.74) is 0.745. The number of thioether (sulfide) groups is 1. The van der Waals surface area contributed by atoms with Crippen molar-refractivity contribution in [3.8, 4) is 11.4 Å². The zero-order valence-corrected chi connectivity index (χ0v) is 15.8. The number of halogens is 1. The molecule has 1 aromatic carbocycles. The van der Waals surface area contributed by atoms with Crippen LogP contribution in [0.5, 0.6) is 0 Å². The average Bonchev–Trinajstić information content (AvgIpc) is 3.40. The fourth-order valence-electron chi connectivity index (χ4n) is 2.30. The molecule has 0 N–H and O–H groups in total. The molecule has 0 spiro atoms. The first-order valence-electron chi connectivity index (χ1n) is 7.78. The molecule has 3 aromatic heterocycles. The van der Waals surface area contributed by atoms with Crippen LogP contribution in [0.3, 0.4) is 0 Å². The Morgan fingerprint density at radius 3 is 2.96 bits per heavy atom. The molecule has 0 unspecified atom stereocenters. The van der Waals surface area contributed by atoms with Crippen LogP contribution in [0.15, 0.2) is 51.5 Å². The number of rotatable bonds is 7. The Bertz CT molecular complexity index is 984. The summed E-state index contributed by atoms with van der Waals surface area (Å²) in [4.78, 5) is 5.70. The number of nitrogens with zero attached hydrogens (tertiary/aromatic N) is 6. The van der Waals surface area contributed by atoms with E-state index in [1.807, 2.05) is 24.3 Å². The van der Waals surface area contributed by atoms with Gasteiger partial charge in [0, 0.05) is 16.9 Å². The minimum atomic E-state index is 0.475. The molecule has 26 heavy (non-hydrogen) atoms. The van der Waals surface area contributed by atoms with Gasteiger partial charge in [-0.1, -0.05) is 46.7 Å². The highest BCUT2D eigenvalue weighted by molar-refractivity contribution is 7.98. The van der Waals surface area contributed by atoms with E-state index in [0.717, 1.165) is 23.7 Å². The lowest BCUT2D eigenvalue weighted by atomic mass is 10.2. The van der Waals surface area contributed by atoms with Crippen LogP contribution in [0, 0.1) is 0 Å². The maximum atomic E-state index is 6.17. The number of aryl methyl sites for hydroxylation is 2. The summed E-state index contributed by atoms with van der Waals surface area (Å²) in [5, 5.41) is 19.2. The van der Waals surface area contributed by atoms with E-state index >= 15 is 0 Å². The molecule has 0 bridgehead atoms. The van der Waals surface area contributed by atoms with E-state index in [1.54, 1.807) is 22.1 Å². The fourth-order valence-corrected chi connectivity index (χ4v) is 3.96. The van der Waals surface area contributed by atoms with E-state index in [4.69, 9.17) is 16.1 Å². The number of hydrogen-bond donors (Lipinski definition) is 0. The Balaban J connectivity index is 1.39. The molecular formula is C16H13ClN6OS2. The highest BCUT2D eigenvalue weighted by Gasteiger charge is 2.14. The topological polar surface area (TPSA) is 82.5 Å². The summed E-state index contributed by atoms with van der Waals surface area (Å²) in [7, 11) is 0. The Hall–Kier alpha value is -2.23. The van der Waals surface area contributed by atoms with Gasteiger partial charge >= 0.3 is 0 Å². The Morgan fingerprint density at radius 2 is 2.12 bits per heavy atom. The van der Waals surface area contributed by atoms with Crippen molar-refractivity contribution in [3.05, 3.63) is 57.6 Å². The minimum absolute atomic E-state index is 0.475. The monoisotopic (exact) mass is 404 g/mol. The van der Waals surface area contributed by atoms with Gasteiger partial charge in [-0.2, -0.15) is 4.98 Å². The van der Waals surface area contributed by atoms with Gasteiger partial charge in [0.05, 0.1) is 17.3 Å². The predicted octanol–water partition coefficient (Wildman–Crippen LogP) is 3.97. The van der Waals surface area contributed by atoms with Crippen molar-refractivity contribution in [1.82, 2.24) is 30.3 Å². The summed E-state index contributed by atoms with van der Waals surface area (Å²) in [6, 6.07) is 11.5. The van der Waals surface area contributed by atoms with Crippen LogP contribution in [-0.4, -0.2) is 30.3 Å². The number of aromatic nitrogens is 6. The van der Waals surface area contributed by atoms with Gasteiger partial charge in [0.2, 0.25) is 16.9 Å². The van der Waals surface area contributed by atoms with Crippen LogP contribution >= 0.6 is 34.7 Å². The van der Waals surface area contributed by atoms with Crippen LogP contribution in [-0.2, 0) is 18.7 Å². The highest BCUT2D eigenvalue weighted by atomic mass is 35.5. The SMILES string of the molecule is Clc1ccccc1-c1noc(CSc2nnnn2CCc2cccs2)n1. The maximum absolute atomic E-state index is 6.17. The second-order valence-corrected chi connectivity index (χ2v) is 7.68. The third-order valence-electron chi connectivity index (χ3n) is 3.56. The number of hydrogen-bond acceptors (Lipinski definition) is 8. The largest absolute Gasteiger partial charge is 0.338 e. The van der Waals surface area contributed by atoms with Crippen molar-refractivity contribution in [3.63, 3.8) is 0 Å². The summed E-state index contributed by atoms with van der Waals surface area (Å²) >= 11 is 9.36. The first kappa shape index (κ1) is 17.2. The van der Waals surface area contributed by atoms with Crippen molar-refractivity contribution in [2.24, 2.45) is 0 Å². The summed E-state index contributed by atoms with van der Waals surface area (Å²) in [6.07, 6.45) is 0.896. The molecule has 7 nitrogen and oxygen atoms in total. The van der Waals surface area contributed by atoms with Gasteiger partial charge in [0.25, 0.3) is 0 Å². The van der Waals surface area contributed by atoms with Crippen LogP contribution in [0.1, 0.15) is 10.8 Å². The van der Waals surface area contributed by atoms with Gasteiger partial charge in [0.15, 0.2) is 0 Å². The van der Waals surface area contributed by atoms with Crippen molar-refractivity contribution >= 4 is 34.7 Å². The molecule has 3 heterocycles. The second kappa shape index (κ2) is 7.98. The van der Waals surface area contributed by atoms with E-state index in [0.29, 0.717) is 22.5 Å². The number of thiophene rings is 1. The van der Waals surface area contributed by atoms with E-state index in [9.17, 15) is 0 Å². The summed E-state index contributed by atoms with van der Waals surface area (Å²) in [5.74, 6) is 1.46. The molecule has 0 aliphatic heterocycles. The molecule has 0 amide bonds. The molecule has 132 valence electrons. The lowest BCUT2D eigenvalue weighted by molar-refractivity contribution is 0.391. The quantitative estimate of drug-likeness (QED) is 0.431. The van der Waals surface area contributed by atoms with Crippen molar-refractivity contribution in [2.75, 3.05) is 0 Å². The summed E-state index contributed by atoms with van der Waals surface area (Å²) < 4.78 is 7.10. The van der Waals surface area contributed by atoms with Crippen molar-refractivity contribution in [2.45, 2.75) is 23.9 Å². The third kappa shape index (κ3) is 3.95. The van der Waals surface area contributed by atoms with E-state index in [1.165, 1.54) is 16.6 Å². The van der Waals surface area contributed by atoms with Gasteiger partial charge in [-0.3, -0.25) is 0 Å². The van der Waals surface area contributed by atoms with Gasteiger partial charge in [-0.25, -0.2) is 4.68 Å². The van der Waals surface area contributed by atoms with Crippen LogP contribution in [0.4, 0.5) is 0 Å². The smallest absolute Gasteiger partial charge is 0.237 e. The van der Waals surface area contributed by atoms with Gasteiger partial charge < -0.3 is 4.52 Å². The van der Waals surface area contributed by atoms with Crippen LogP contribution < -0.4 is 0 Å². The molecule has 10 heteroatoms. The van der Waals surface area contributed by atoms with Crippen molar-refractivity contribution < 1.29 is 4.52 Å². The molecular weight excluding hydrogens is 392 g/mol. The molecule has 0 aliphatic carbocycles. The molecule has 0 atom stereocenters. The predicted molar refractivity (Wildman–Crippen MR) is 100 cm³/mol. The average molecular weight is 405 g/mol. The Morgan fingerprint density at radius 1 is 1.19 bits per heavy atom. The fraction of sp³-hybridized carbons (Fsp3) is 0.188. The Labute approximate surface area is 162 Å². The standard InChI is InChI=1S/C16H13ClN6OS2/c17-13-6-2-1-5-12(13)15-18-14(24-20-15)10-26-16-19-21-22-23(16)8-7-11-4-3-9-25-11/h1-6,9H,7-8,10H2. The number of tetrazole rings is 1. The van der Waals surface area contributed by atoms with Crippen LogP contribution in [0.25, 0.3) is 11.4 Å². The third-order valence-corrected chi connectivity index (χ3v) is 5.76. The lowest BCUT2D eigenvalue weighted by Crippen LogP contribution is -2.04. The summed E-state index contributed by atoms with van der Waals surface area (Å²) in [6.45, 7) is 0.727. The molecule has 0 saturated carbocycles. The molecule has 0 saturated heterocycles. The molecule has 4 rings (SSSR count). The highest BCUT2D eigenvalue weighted by Crippen LogP contribution is 2.26. The van der Waals surface area contributed by atoms with Crippen LogP contribution in [0.2, 0.25) is 5.02 Å². The molecule has 0 aliphatic rings. The van der Waals surface area contributed by atoms with Gasteiger partial charge in [-0.05, 0) is 34.0 Å². The molecule has 0 fully saturated rings. The lowest BCUT2D eigenvalue weighted by Gasteiger charge is -2.01. The molecule has 0 radical (unpaired) electrons. The van der Waals surface area contributed by atoms with Crippen molar-refractivity contribution in [1.29, 1.82) is 0 Å². The first-order chi connectivity index (χ1) is 12.8. The van der Waals surface area contributed by atoms with E-state index in [2.05, 4.69) is 37.1 Å². The zero-order chi connectivity index (χ0) is 17.8. The van der Waals surface area contributed by atoms with Gasteiger partial charge in [0.1, 0.15) is 0 Å². The van der Waals surface area contributed by atoms with E-state index < -0.39 is 0 Å². The van der Waals surface area contributed by atoms with E-state index in [-0.39, 0.29) is 0 Å². The maximum Gasteiger partial charge on any atom is 0.237 e. The molecule has 4 aromatic rings. The number of benzene rings is 1. The Kier molecular flexibility index (Phi) is 5.28. The second-order valence-electron chi connectivity index (χ2n) is 5.29. The first-order valence-corrected chi connectivity index (χ1v) is 10.0. The zero-order valence-electron chi connectivity index (χ0n) is 13.4. The van der Waals surface area contributed by atoms with Gasteiger partial charge in [-0.15, -0.1) is 16.4 Å². The normalized spacial score (nSPS) is 11.1.